The summed E-state index contributed by atoms with van der Waals surface area (Å²) in [5.74, 6) is -0.222. The van der Waals surface area contributed by atoms with Gasteiger partial charge in [0.25, 0.3) is 0 Å². The molecule has 1 saturated heterocycles. The standard InChI is InChI=1S/C12H12N2O3/c15-12(16)9-5-3-4-8-10(9)17-13-11(8)14-6-1-2-7-14/h3-5H,1-2,6-7H2,(H,15,16). The van der Waals surface area contributed by atoms with Crippen LogP contribution in [0, 0.1) is 0 Å². The van der Waals surface area contributed by atoms with Crippen molar-refractivity contribution in [2.75, 3.05) is 18.0 Å². The number of carbonyl (C=O) groups is 1. The molecule has 1 aliphatic heterocycles. The van der Waals surface area contributed by atoms with Gasteiger partial charge in [0.15, 0.2) is 11.4 Å². The monoisotopic (exact) mass is 232 g/mol. The van der Waals surface area contributed by atoms with E-state index in [2.05, 4.69) is 10.1 Å². The number of carboxylic acids is 1. The summed E-state index contributed by atoms with van der Waals surface area (Å²) in [6.45, 7) is 1.91. The van der Waals surface area contributed by atoms with Crippen molar-refractivity contribution in [2.24, 2.45) is 0 Å². The van der Waals surface area contributed by atoms with Crippen molar-refractivity contribution >= 4 is 22.8 Å². The number of fused-ring (bicyclic) bond motifs is 1. The van der Waals surface area contributed by atoms with Gasteiger partial charge in [-0.3, -0.25) is 0 Å². The molecule has 3 rings (SSSR count). The molecule has 17 heavy (non-hydrogen) atoms. The Morgan fingerprint density at radius 2 is 2.12 bits per heavy atom. The number of hydrogen-bond donors (Lipinski definition) is 1. The van der Waals surface area contributed by atoms with E-state index < -0.39 is 5.97 Å². The molecule has 1 aliphatic rings. The highest BCUT2D eigenvalue weighted by molar-refractivity contribution is 6.04. The molecule has 1 aromatic heterocycles. The number of nitrogens with zero attached hydrogens (tertiary/aromatic N) is 2. The van der Waals surface area contributed by atoms with E-state index in [9.17, 15) is 4.79 Å². The van der Waals surface area contributed by atoms with Gasteiger partial charge in [-0.15, -0.1) is 0 Å². The lowest BCUT2D eigenvalue weighted by molar-refractivity contribution is 0.0697. The van der Waals surface area contributed by atoms with Crippen molar-refractivity contribution in [3.8, 4) is 0 Å². The van der Waals surface area contributed by atoms with Gasteiger partial charge in [-0.1, -0.05) is 11.2 Å². The van der Waals surface area contributed by atoms with Gasteiger partial charge in [-0.25, -0.2) is 4.79 Å². The lowest BCUT2D eigenvalue weighted by Crippen LogP contribution is -2.17. The number of carboxylic acid groups (broad SMARTS) is 1. The van der Waals surface area contributed by atoms with Gasteiger partial charge in [-0.2, -0.15) is 0 Å². The highest BCUT2D eigenvalue weighted by atomic mass is 16.5. The quantitative estimate of drug-likeness (QED) is 0.859. The summed E-state index contributed by atoms with van der Waals surface area (Å²) in [5, 5.41) is 13.8. The van der Waals surface area contributed by atoms with Crippen LogP contribution in [0.25, 0.3) is 11.0 Å². The predicted octanol–water partition coefficient (Wildman–Crippen LogP) is 2.13. The summed E-state index contributed by atoms with van der Waals surface area (Å²) >= 11 is 0. The van der Waals surface area contributed by atoms with Crippen molar-refractivity contribution in [2.45, 2.75) is 12.8 Å². The first-order chi connectivity index (χ1) is 8.27. The van der Waals surface area contributed by atoms with Gasteiger partial charge in [0.1, 0.15) is 5.56 Å². The van der Waals surface area contributed by atoms with Crippen molar-refractivity contribution in [3.05, 3.63) is 23.8 Å². The zero-order valence-electron chi connectivity index (χ0n) is 9.22. The zero-order chi connectivity index (χ0) is 11.8. The molecule has 0 radical (unpaired) electrons. The van der Waals surface area contributed by atoms with E-state index in [1.54, 1.807) is 6.07 Å². The van der Waals surface area contributed by atoms with E-state index in [0.29, 0.717) is 5.58 Å². The van der Waals surface area contributed by atoms with E-state index in [1.165, 1.54) is 6.07 Å². The molecule has 88 valence electrons. The van der Waals surface area contributed by atoms with Crippen LogP contribution in [0.2, 0.25) is 0 Å². The van der Waals surface area contributed by atoms with Gasteiger partial charge >= 0.3 is 5.97 Å². The van der Waals surface area contributed by atoms with Crippen LogP contribution < -0.4 is 4.90 Å². The van der Waals surface area contributed by atoms with Crippen LogP contribution in [0.4, 0.5) is 5.82 Å². The molecule has 0 atom stereocenters. The van der Waals surface area contributed by atoms with Crippen LogP contribution in [0.15, 0.2) is 22.7 Å². The normalized spacial score (nSPS) is 15.6. The first-order valence-electron chi connectivity index (χ1n) is 5.64. The van der Waals surface area contributed by atoms with Crippen LogP contribution in [-0.4, -0.2) is 29.3 Å². The molecule has 5 heteroatoms. The molecule has 0 unspecified atom stereocenters. The third-order valence-corrected chi connectivity index (χ3v) is 3.12. The smallest absolute Gasteiger partial charge is 0.339 e. The highest BCUT2D eigenvalue weighted by Gasteiger charge is 2.21. The van der Waals surface area contributed by atoms with Crippen molar-refractivity contribution in [1.29, 1.82) is 0 Å². The second-order valence-electron chi connectivity index (χ2n) is 4.19. The lowest BCUT2D eigenvalue weighted by atomic mass is 10.1. The number of hydrogen-bond acceptors (Lipinski definition) is 4. The van der Waals surface area contributed by atoms with Gasteiger partial charge in [0.05, 0.1) is 5.39 Å². The summed E-state index contributed by atoms with van der Waals surface area (Å²) in [7, 11) is 0. The Hall–Kier alpha value is -2.04. The molecule has 2 heterocycles. The minimum absolute atomic E-state index is 0.167. The lowest BCUT2D eigenvalue weighted by Gasteiger charge is -2.12. The fourth-order valence-electron chi connectivity index (χ4n) is 2.27. The van der Waals surface area contributed by atoms with Gasteiger partial charge in [0, 0.05) is 13.1 Å². The van der Waals surface area contributed by atoms with Crippen LogP contribution in [0.5, 0.6) is 0 Å². The molecular formula is C12H12N2O3. The SMILES string of the molecule is O=C(O)c1cccc2c(N3CCCC3)noc12. The average Bonchev–Trinajstić information content (AvgIpc) is 2.96. The second kappa shape index (κ2) is 3.76. The fourth-order valence-corrected chi connectivity index (χ4v) is 2.27. The van der Waals surface area contributed by atoms with E-state index in [4.69, 9.17) is 9.63 Å². The maximum atomic E-state index is 11.0. The number of rotatable bonds is 2. The number of benzene rings is 1. The summed E-state index contributed by atoms with van der Waals surface area (Å²) < 4.78 is 5.18. The van der Waals surface area contributed by atoms with Crippen molar-refractivity contribution in [1.82, 2.24) is 5.16 Å². The van der Waals surface area contributed by atoms with E-state index in [0.717, 1.165) is 37.1 Å². The Balaban J connectivity index is 2.15. The van der Waals surface area contributed by atoms with E-state index in [-0.39, 0.29) is 5.56 Å². The topological polar surface area (TPSA) is 66.6 Å². The summed E-state index contributed by atoms with van der Waals surface area (Å²) in [6, 6.07) is 5.11. The van der Waals surface area contributed by atoms with Gasteiger partial charge in [0.2, 0.25) is 0 Å². The molecule has 2 aromatic rings. The second-order valence-corrected chi connectivity index (χ2v) is 4.19. The van der Waals surface area contributed by atoms with Gasteiger partial charge in [-0.05, 0) is 25.0 Å². The minimum Gasteiger partial charge on any atom is -0.478 e. The number of aromatic nitrogens is 1. The molecule has 1 fully saturated rings. The highest BCUT2D eigenvalue weighted by Crippen LogP contribution is 2.30. The summed E-state index contributed by atoms with van der Waals surface area (Å²) in [4.78, 5) is 13.2. The van der Waals surface area contributed by atoms with Crippen molar-refractivity contribution in [3.63, 3.8) is 0 Å². The fraction of sp³-hybridized carbons (Fsp3) is 0.333. The zero-order valence-corrected chi connectivity index (χ0v) is 9.22. The van der Waals surface area contributed by atoms with Crippen molar-refractivity contribution < 1.29 is 14.4 Å². The molecule has 1 aromatic carbocycles. The average molecular weight is 232 g/mol. The molecule has 0 aliphatic carbocycles. The maximum absolute atomic E-state index is 11.0. The van der Waals surface area contributed by atoms with Crippen LogP contribution >= 0.6 is 0 Å². The number of anilines is 1. The van der Waals surface area contributed by atoms with Crippen LogP contribution in [-0.2, 0) is 0 Å². The third kappa shape index (κ3) is 1.54. The third-order valence-electron chi connectivity index (χ3n) is 3.12. The van der Waals surface area contributed by atoms with E-state index in [1.807, 2.05) is 6.07 Å². The largest absolute Gasteiger partial charge is 0.478 e. The molecule has 0 saturated carbocycles. The number of para-hydroxylation sites is 1. The summed E-state index contributed by atoms with van der Waals surface area (Å²) in [5.41, 5.74) is 0.530. The first-order valence-corrected chi connectivity index (χ1v) is 5.64. The Morgan fingerprint density at radius 3 is 2.82 bits per heavy atom. The van der Waals surface area contributed by atoms with E-state index >= 15 is 0 Å². The van der Waals surface area contributed by atoms with Crippen LogP contribution in [0.3, 0.4) is 0 Å². The Morgan fingerprint density at radius 1 is 1.35 bits per heavy atom. The Bertz CT molecular complexity index is 570. The molecule has 1 N–H and O–H groups in total. The molecule has 5 nitrogen and oxygen atoms in total. The molecular weight excluding hydrogens is 220 g/mol. The number of aromatic carboxylic acids is 1. The molecule has 0 amide bonds. The Labute approximate surface area is 97.6 Å². The van der Waals surface area contributed by atoms with Crippen LogP contribution in [0.1, 0.15) is 23.2 Å². The molecule has 0 spiro atoms. The van der Waals surface area contributed by atoms with Gasteiger partial charge < -0.3 is 14.5 Å². The Kier molecular flexibility index (Phi) is 2.24. The maximum Gasteiger partial charge on any atom is 0.339 e. The molecule has 0 bridgehead atoms. The first kappa shape index (κ1) is 10.1. The minimum atomic E-state index is -0.986. The predicted molar refractivity (Wildman–Crippen MR) is 62.4 cm³/mol. The summed E-state index contributed by atoms with van der Waals surface area (Å²) in [6.07, 6.45) is 2.29.